The maximum absolute atomic E-state index is 3.11. The first kappa shape index (κ1) is 29.7. The molecule has 0 saturated heterocycles. The molecular weight excluding hydrogens is 964 g/mol. The van der Waals surface area contributed by atoms with Crippen molar-refractivity contribution in [1.82, 2.24) is 0 Å². The number of hydrogen-bond donors (Lipinski definition) is 0. The molecule has 0 unspecified atom stereocenters. The van der Waals surface area contributed by atoms with Gasteiger partial charge in [-0.3, -0.25) is 0 Å². The Morgan fingerprint density at radius 3 is 1.00 bits per heavy atom. The molecular formula is C19H32W4-2. The fourth-order valence-electron chi connectivity index (χ4n) is 1.36. The van der Waals surface area contributed by atoms with Gasteiger partial charge in [-0.05, 0) is 18.3 Å². The Morgan fingerprint density at radius 2 is 0.913 bits per heavy atom. The van der Waals surface area contributed by atoms with Crippen LogP contribution in [0.25, 0.3) is 0 Å². The van der Waals surface area contributed by atoms with Gasteiger partial charge in [0.1, 0.15) is 0 Å². The predicted molar refractivity (Wildman–Crippen MR) is 90.1 cm³/mol. The summed E-state index contributed by atoms with van der Waals surface area (Å²) < 4.78 is 6.22. The van der Waals surface area contributed by atoms with Gasteiger partial charge < -0.3 is 0 Å². The van der Waals surface area contributed by atoms with Gasteiger partial charge in [0.15, 0.2) is 0 Å². The van der Waals surface area contributed by atoms with Crippen molar-refractivity contribution < 1.29 is 71.2 Å². The summed E-state index contributed by atoms with van der Waals surface area (Å²) in [7, 11) is 0. The number of allylic oxidation sites excluding steroid dienone is 4. The van der Waals surface area contributed by atoms with E-state index in [-0.39, 0.29) is 0 Å². The number of hydrogen-bond acceptors (Lipinski definition) is 0. The Hall–Kier alpha value is 1.97. The first-order valence-corrected chi connectivity index (χ1v) is 21.9. The topological polar surface area (TPSA) is 0 Å². The molecule has 134 valence electrons. The third kappa shape index (κ3) is 21.9. The van der Waals surface area contributed by atoms with Crippen LogP contribution in [0, 0.1) is 23.7 Å². The minimum atomic E-state index is 0.671. The summed E-state index contributed by atoms with van der Waals surface area (Å²) in [4.78, 5) is 0. The average molecular weight is 996 g/mol. The molecule has 0 fully saturated rings. The Bertz CT molecular complexity index is 330. The van der Waals surface area contributed by atoms with Crippen LogP contribution in [-0.4, -0.2) is 8.80 Å². The third-order valence-electron chi connectivity index (χ3n) is 2.87. The van der Waals surface area contributed by atoms with Crippen LogP contribution >= 0.6 is 0 Å². The van der Waals surface area contributed by atoms with Crippen molar-refractivity contribution in [2.45, 2.75) is 61.8 Å². The molecule has 0 aromatic rings. The van der Waals surface area contributed by atoms with Crippen molar-refractivity contribution in [2.24, 2.45) is 23.7 Å². The molecule has 0 bridgehead atoms. The van der Waals surface area contributed by atoms with E-state index in [0.717, 1.165) is 11.8 Å². The van der Waals surface area contributed by atoms with Crippen molar-refractivity contribution in [2.75, 3.05) is 0 Å². The van der Waals surface area contributed by atoms with E-state index < -0.39 is 0 Å². The van der Waals surface area contributed by atoms with E-state index in [9.17, 15) is 0 Å². The zero-order valence-electron chi connectivity index (χ0n) is 15.8. The summed E-state index contributed by atoms with van der Waals surface area (Å²) in [6, 6.07) is 0. The average Bonchev–Trinajstić information content (AvgIpc) is 3.01. The second-order valence-corrected chi connectivity index (χ2v) is 8.21. The second-order valence-electron chi connectivity index (χ2n) is 6.51. The summed E-state index contributed by atoms with van der Waals surface area (Å²) in [6.45, 7) is 17.6. The van der Waals surface area contributed by atoms with Crippen LogP contribution in [-0.2, 0) is 71.2 Å². The van der Waals surface area contributed by atoms with Gasteiger partial charge in [-0.1, -0.05) is 51.0 Å². The monoisotopic (exact) mass is 996 g/mol. The van der Waals surface area contributed by atoms with Gasteiger partial charge in [-0.15, -0.1) is 0 Å². The van der Waals surface area contributed by atoms with E-state index in [2.05, 4.69) is 76.3 Å². The molecule has 0 aliphatic heterocycles. The van der Waals surface area contributed by atoms with Gasteiger partial charge in [-0.2, -0.15) is 0 Å². The summed E-state index contributed by atoms with van der Waals surface area (Å²) in [6.07, 6.45) is 5.80. The fourth-order valence-corrected chi connectivity index (χ4v) is 1.36. The van der Waals surface area contributed by atoms with Crippen LogP contribution in [0.1, 0.15) is 61.8 Å². The van der Waals surface area contributed by atoms with E-state index in [1.165, 1.54) is 45.1 Å². The summed E-state index contributed by atoms with van der Waals surface area (Å²) in [5.41, 5.74) is 3.18. The van der Waals surface area contributed by atoms with Gasteiger partial charge in [0.05, 0.1) is 0 Å². The van der Waals surface area contributed by atoms with Crippen molar-refractivity contribution in [1.29, 1.82) is 0 Å². The van der Waals surface area contributed by atoms with Crippen molar-refractivity contribution in [3.63, 3.8) is 0 Å². The zero-order chi connectivity index (χ0) is 19.0. The van der Waals surface area contributed by atoms with E-state index in [0.29, 0.717) is 11.8 Å². The Kier molecular flexibility index (Phi) is 26.2. The molecule has 4 heteroatoms. The van der Waals surface area contributed by atoms with Crippen LogP contribution in [0.15, 0.2) is 23.3 Å². The molecule has 0 aromatic carbocycles. The molecule has 23 heavy (non-hydrogen) atoms. The molecule has 0 saturated carbocycles. The van der Waals surface area contributed by atoms with E-state index in [4.69, 9.17) is 0 Å². The van der Waals surface area contributed by atoms with E-state index >= 15 is 0 Å². The molecule has 0 nitrogen and oxygen atoms in total. The fraction of sp³-hybridized carbons (Fsp3) is 0.684. The molecule has 0 heterocycles. The minimum absolute atomic E-state index is 0.671. The van der Waals surface area contributed by atoms with Crippen LogP contribution < -0.4 is 0 Å². The second kappa shape index (κ2) is 20.3. The molecule has 0 spiro atoms. The quantitative estimate of drug-likeness (QED) is 0.337. The summed E-state index contributed by atoms with van der Waals surface area (Å²) >= 11 is 6.24. The molecule has 1 rings (SSSR count). The molecule has 0 N–H and O–H groups in total. The van der Waals surface area contributed by atoms with Crippen molar-refractivity contribution >= 4 is 8.80 Å². The van der Waals surface area contributed by atoms with Gasteiger partial charge in [0, 0.05) is 0 Å². The first-order valence-electron chi connectivity index (χ1n) is 7.97. The summed E-state index contributed by atoms with van der Waals surface area (Å²) in [5, 5.41) is 0. The van der Waals surface area contributed by atoms with Gasteiger partial charge in [0.25, 0.3) is 0 Å². The van der Waals surface area contributed by atoms with Crippen LogP contribution in [0.4, 0.5) is 0 Å². The van der Waals surface area contributed by atoms with Gasteiger partial charge >= 0.3 is 119 Å². The summed E-state index contributed by atoms with van der Waals surface area (Å²) in [5.74, 6) is 2.79. The molecule has 0 atom stereocenters. The Labute approximate surface area is 186 Å². The van der Waals surface area contributed by atoms with Crippen LogP contribution in [0.3, 0.4) is 0 Å². The predicted octanol–water partition coefficient (Wildman–Crippen LogP) is 5.29. The Morgan fingerprint density at radius 1 is 0.696 bits per heavy atom. The van der Waals surface area contributed by atoms with Crippen LogP contribution in [0.5, 0.6) is 0 Å². The SMILES string of the molecule is CC(C)C1=CC=C(C(C)C)C1.CC(C)[C-]=[W].CC(C)[C-]=[W].[W]=[W]. The van der Waals surface area contributed by atoms with Gasteiger partial charge in [0.2, 0.25) is 0 Å². The van der Waals surface area contributed by atoms with Crippen molar-refractivity contribution in [3.8, 4) is 0 Å². The zero-order valence-corrected chi connectivity index (χ0v) is 27.5. The van der Waals surface area contributed by atoms with Crippen molar-refractivity contribution in [3.05, 3.63) is 23.3 Å². The van der Waals surface area contributed by atoms with E-state index in [1.54, 1.807) is 43.6 Å². The van der Waals surface area contributed by atoms with Gasteiger partial charge in [-0.25, -0.2) is 0 Å². The molecule has 0 amide bonds. The molecule has 0 radical (unpaired) electrons. The van der Waals surface area contributed by atoms with Crippen LogP contribution in [0.2, 0.25) is 0 Å². The van der Waals surface area contributed by atoms with E-state index in [1.807, 2.05) is 0 Å². The Balaban J connectivity index is -0.000000282. The standard InChI is InChI=1S/C11H18.2C4H7.4W/c1-8(2)10-5-6-11(7-10)9(3)4;2*1-4(2)3;;;;/h5-6,8-9H,7H2,1-4H3;2*4H,1-2H3;;;;/q;2*-1;;;;. The normalized spacial score (nSPS) is 12.3. The maximum atomic E-state index is 3.11. The number of rotatable bonds is 4. The third-order valence-corrected chi connectivity index (χ3v) is 6.26. The first-order chi connectivity index (χ1) is 10.6. The molecule has 1 aliphatic rings. The molecule has 0 aromatic heterocycles. The molecule has 1 aliphatic carbocycles.